The summed E-state index contributed by atoms with van der Waals surface area (Å²) in [4.78, 5) is 21.9. The summed E-state index contributed by atoms with van der Waals surface area (Å²) in [6.45, 7) is 1.39. The molecular formula is C7H10ClNO4. The summed E-state index contributed by atoms with van der Waals surface area (Å²) >= 11 is 5.46. The van der Waals surface area contributed by atoms with Crippen molar-refractivity contribution in [1.82, 2.24) is 5.32 Å². The van der Waals surface area contributed by atoms with Crippen LogP contribution in [0.25, 0.3) is 0 Å². The van der Waals surface area contributed by atoms with E-state index in [0.717, 1.165) is 0 Å². The third-order valence-electron chi connectivity index (χ3n) is 1.69. The van der Waals surface area contributed by atoms with Gasteiger partial charge in [-0.1, -0.05) is 0 Å². The summed E-state index contributed by atoms with van der Waals surface area (Å²) in [6, 6.07) is -0.978. The predicted octanol–water partition coefficient (Wildman–Crippen LogP) is -0.984. The Kier molecular flexibility index (Phi) is 3.11. The first-order valence-corrected chi connectivity index (χ1v) is 4.25. The van der Waals surface area contributed by atoms with Gasteiger partial charge in [0, 0.05) is 0 Å². The van der Waals surface area contributed by atoms with Gasteiger partial charge in [-0.3, -0.25) is 4.79 Å². The van der Waals surface area contributed by atoms with Crippen LogP contribution in [0.5, 0.6) is 0 Å². The molecule has 74 valence electrons. The number of esters is 1. The molecule has 0 saturated carbocycles. The van der Waals surface area contributed by atoms with Gasteiger partial charge in [-0.2, -0.15) is 0 Å². The Balaban J connectivity index is 2.52. The number of carbonyl (C=O) groups is 2. The minimum Gasteiger partial charge on any atom is -0.461 e. The SMILES string of the molecule is CC(Cl)C(=O)N[C@H]1C(=O)OC[C@H]1O. The molecule has 1 heterocycles. The lowest BCUT2D eigenvalue weighted by atomic mass is 10.2. The monoisotopic (exact) mass is 207 g/mol. The Hall–Kier alpha value is -0.810. The van der Waals surface area contributed by atoms with Crippen LogP contribution in [0.3, 0.4) is 0 Å². The molecular weight excluding hydrogens is 198 g/mol. The molecule has 0 aliphatic carbocycles. The van der Waals surface area contributed by atoms with E-state index in [1.54, 1.807) is 0 Å². The van der Waals surface area contributed by atoms with Crippen LogP contribution in [0, 0.1) is 0 Å². The zero-order valence-electron chi connectivity index (χ0n) is 6.99. The summed E-state index contributed by atoms with van der Waals surface area (Å²) in [5.41, 5.74) is 0. The average Bonchev–Trinajstić information content (AvgIpc) is 2.35. The number of nitrogens with one attached hydrogen (secondary N) is 1. The van der Waals surface area contributed by atoms with Crippen molar-refractivity contribution in [3.8, 4) is 0 Å². The van der Waals surface area contributed by atoms with Gasteiger partial charge in [-0.05, 0) is 6.92 Å². The number of carbonyl (C=O) groups excluding carboxylic acids is 2. The molecule has 1 saturated heterocycles. The summed E-state index contributed by atoms with van der Waals surface area (Å²) in [6.07, 6.45) is -0.980. The molecule has 1 fully saturated rings. The van der Waals surface area contributed by atoms with Crippen molar-refractivity contribution in [3.63, 3.8) is 0 Å². The van der Waals surface area contributed by atoms with Gasteiger partial charge in [0.2, 0.25) is 5.91 Å². The number of cyclic esters (lactones) is 1. The molecule has 1 rings (SSSR count). The molecule has 0 aromatic heterocycles. The van der Waals surface area contributed by atoms with E-state index in [0.29, 0.717) is 0 Å². The molecule has 0 aromatic rings. The quantitative estimate of drug-likeness (QED) is 0.451. The molecule has 3 atom stereocenters. The van der Waals surface area contributed by atoms with Crippen molar-refractivity contribution in [2.75, 3.05) is 6.61 Å². The largest absolute Gasteiger partial charge is 0.461 e. The Morgan fingerprint density at radius 2 is 2.46 bits per heavy atom. The Morgan fingerprint density at radius 1 is 1.85 bits per heavy atom. The fraction of sp³-hybridized carbons (Fsp3) is 0.714. The topological polar surface area (TPSA) is 75.6 Å². The molecule has 1 aliphatic rings. The zero-order valence-corrected chi connectivity index (χ0v) is 7.75. The summed E-state index contributed by atoms with van der Waals surface area (Å²) in [5, 5.41) is 10.7. The molecule has 6 heteroatoms. The van der Waals surface area contributed by atoms with Crippen LogP contribution >= 0.6 is 11.6 Å². The highest BCUT2D eigenvalue weighted by Crippen LogP contribution is 2.07. The minimum absolute atomic E-state index is 0.0829. The van der Waals surface area contributed by atoms with Gasteiger partial charge in [0.25, 0.3) is 0 Å². The third-order valence-corrected chi connectivity index (χ3v) is 1.89. The highest BCUT2D eigenvalue weighted by molar-refractivity contribution is 6.30. The van der Waals surface area contributed by atoms with E-state index in [1.165, 1.54) is 6.92 Å². The fourth-order valence-electron chi connectivity index (χ4n) is 0.934. The van der Waals surface area contributed by atoms with Gasteiger partial charge in [0.15, 0.2) is 6.04 Å². The summed E-state index contributed by atoms with van der Waals surface area (Å²) in [5.74, 6) is -1.12. The van der Waals surface area contributed by atoms with Crippen LogP contribution < -0.4 is 5.32 Å². The van der Waals surface area contributed by atoms with Gasteiger partial charge in [-0.25, -0.2) is 4.79 Å². The van der Waals surface area contributed by atoms with Crippen LogP contribution in [0.4, 0.5) is 0 Å². The van der Waals surface area contributed by atoms with Crippen molar-refractivity contribution >= 4 is 23.5 Å². The van der Waals surface area contributed by atoms with Gasteiger partial charge in [-0.15, -0.1) is 11.6 Å². The molecule has 13 heavy (non-hydrogen) atoms. The maximum absolute atomic E-state index is 11.0. The standard InChI is InChI=1S/C7H10ClNO4/c1-3(8)6(11)9-5-4(10)2-13-7(5)12/h3-5,10H,2H2,1H3,(H,9,11)/t3?,4-,5-/m1/s1. The van der Waals surface area contributed by atoms with Crippen molar-refractivity contribution in [1.29, 1.82) is 0 Å². The Bertz CT molecular complexity index is 231. The molecule has 5 nitrogen and oxygen atoms in total. The van der Waals surface area contributed by atoms with Gasteiger partial charge < -0.3 is 15.2 Å². The van der Waals surface area contributed by atoms with E-state index in [2.05, 4.69) is 10.1 Å². The highest BCUT2D eigenvalue weighted by atomic mass is 35.5. The molecule has 0 aromatic carbocycles. The van der Waals surface area contributed by atoms with Crippen LogP contribution in [0.15, 0.2) is 0 Å². The smallest absolute Gasteiger partial charge is 0.331 e. The lowest BCUT2D eigenvalue weighted by Gasteiger charge is -2.12. The lowest BCUT2D eigenvalue weighted by molar-refractivity contribution is -0.141. The second-order valence-electron chi connectivity index (χ2n) is 2.80. The second-order valence-corrected chi connectivity index (χ2v) is 3.45. The number of rotatable bonds is 2. The molecule has 1 amide bonds. The molecule has 2 N–H and O–H groups in total. The van der Waals surface area contributed by atoms with E-state index in [-0.39, 0.29) is 6.61 Å². The molecule has 1 unspecified atom stereocenters. The van der Waals surface area contributed by atoms with Gasteiger partial charge in [0.05, 0.1) is 0 Å². The maximum Gasteiger partial charge on any atom is 0.331 e. The maximum atomic E-state index is 11.0. The Labute approximate surface area is 80.0 Å². The van der Waals surface area contributed by atoms with Gasteiger partial charge in [0.1, 0.15) is 18.1 Å². The number of amides is 1. The van der Waals surface area contributed by atoms with Crippen LogP contribution in [0.2, 0.25) is 0 Å². The molecule has 0 bridgehead atoms. The number of ether oxygens (including phenoxy) is 1. The van der Waals surface area contributed by atoms with Crippen LogP contribution in [-0.4, -0.2) is 41.1 Å². The van der Waals surface area contributed by atoms with E-state index in [1.807, 2.05) is 0 Å². The fourth-order valence-corrected chi connectivity index (χ4v) is 0.997. The average molecular weight is 208 g/mol. The second kappa shape index (κ2) is 3.93. The number of halogens is 1. The van der Waals surface area contributed by atoms with E-state index < -0.39 is 29.4 Å². The number of hydrogen-bond donors (Lipinski definition) is 2. The third kappa shape index (κ3) is 2.32. The van der Waals surface area contributed by atoms with Crippen LogP contribution in [-0.2, 0) is 14.3 Å². The first-order chi connectivity index (χ1) is 6.02. The van der Waals surface area contributed by atoms with Crippen molar-refractivity contribution in [2.24, 2.45) is 0 Å². The van der Waals surface area contributed by atoms with E-state index in [4.69, 9.17) is 11.6 Å². The van der Waals surface area contributed by atoms with E-state index in [9.17, 15) is 14.7 Å². The normalized spacial score (nSPS) is 29.6. The van der Waals surface area contributed by atoms with E-state index >= 15 is 0 Å². The zero-order chi connectivity index (χ0) is 10.0. The lowest BCUT2D eigenvalue weighted by Crippen LogP contribution is -2.47. The summed E-state index contributed by atoms with van der Waals surface area (Å²) < 4.78 is 4.51. The molecule has 1 aliphatic heterocycles. The highest BCUT2D eigenvalue weighted by Gasteiger charge is 2.37. The number of hydrogen-bond acceptors (Lipinski definition) is 4. The number of alkyl halides is 1. The summed E-state index contributed by atoms with van der Waals surface area (Å²) in [7, 11) is 0. The van der Waals surface area contributed by atoms with Gasteiger partial charge >= 0.3 is 5.97 Å². The first kappa shape index (κ1) is 10.3. The van der Waals surface area contributed by atoms with Crippen molar-refractivity contribution in [3.05, 3.63) is 0 Å². The number of aliphatic hydroxyl groups is 1. The first-order valence-electron chi connectivity index (χ1n) is 3.81. The van der Waals surface area contributed by atoms with Crippen molar-refractivity contribution < 1.29 is 19.4 Å². The predicted molar refractivity (Wildman–Crippen MR) is 44.2 cm³/mol. The minimum atomic E-state index is -0.980. The molecule has 0 radical (unpaired) electrons. The Morgan fingerprint density at radius 3 is 2.85 bits per heavy atom. The molecule has 0 spiro atoms. The number of aliphatic hydroxyl groups excluding tert-OH is 1. The van der Waals surface area contributed by atoms with Crippen LogP contribution in [0.1, 0.15) is 6.92 Å². The van der Waals surface area contributed by atoms with Crippen molar-refractivity contribution in [2.45, 2.75) is 24.4 Å².